The molecular weight excluding hydrogens is 501 g/mol. The molecule has 0 saturated carbocycles. The fourth-order valence-electron chi connectivity index (χ4n) is 4.53. The Kier molecular flexibility index (Phi) is 7.33. The fraction of sp³-hybridized carbons (Fsp3) is 0.280. The first-order valence-corrected chi connectivity index (χ1v) is 12.0. The molecule has 10 nitrogen and oxygen atoms in total. The summed E-state index contributed by atoms with van der Waals surface area (Å²) >= 11 is 0. The van der Waals surface area contributed by atoms with Gasteiger partial charge in [0.15, 0.2) is 11.6 Å². The van der Waals surface area contributed by atoms with Crippen LogP contribution in [0.4, 0.5) is 19.0 Å². The van der Waals surface area contributed by atoms with E-state index in [0.29, 0.717) is 53.5 Å². The average molecular weight is 529 g/mol. The van der Waals surface area contributed by atoms with Gasteiger partial charge in [-0.05, 0) is 32.0 Å². The molecule has 0 atom stereocenters. The van der Waals surface area contributed by atoms with Gasteiger partial charge >= 0.3 is 0 Å². The predicted molar refractivity (Wildman–Crippen MR) is 136 cm³/mol. The van der Waals surface area contributed by atoms with Gasteiger partial charge in [-0.3, -0.25) is 0 Å². The lowest BCUT2D eigenvalue weighted by molar-refractivity contribution is 0.326. The Balaban J connectivity index is 1.37. The lowest BCUT2D eigenvalue weighted by Crippen LogP contribution is -2.33. The summed E-state index contributed by atoms with van der Waals surface area (Å²) in [5, 5.41) is 3.68. The topological polar surface area (TPSA) is 109 Å². The monoisotopic (exact) mass is 528 g/mol. The van der Waals surface area contributed by atoms with Gasteiger partial charge in [0.05, 0.1) is 30.5 Å². The SMILES string of the molecule is CCOc1cc(-c2cc(NCCn3c(C)cc4c(OC)cc(F)c(F)c43)ncn2)cc(F)c1C1NNNN1. The number of nitrogens with zero attached hydrogens (tertiary/aromatic N) is 3. The van der Waals surface area contributed by atoms with E-state index in [9.17, 15) is 8.78 Å². The highest BCUT2D eigenvalue weighted by atomic mass is 19.2. The van der Waals surface area contributed by atoms with Crippen molar-refractivity contribution in [3.8, 4) is 22.8 Å². The number of nitrogens with one attached hydrogen (secondary N) is 5. The van der Waals surface area contributed by atoms with Crippen LogP contribution in [-0.2, 0) is 6.54 Å². The van der Waals surface area contributed by atoms with E-state index in [1.165, 1.54) is 19.5 Å². The van der Waals surface area contributed by atoms with E-state index in [-0.39, 0.29) is 11.3 Å². The largest absolute Gasteiger partial charge is 0.496 e. The molecule has 0 radical (unpaired) electrons. The first kappa shape index (κ1) is 25.7. The van der Waals surface area contributed by atoms with Crippen LogP contribution in [0.25, 0.3) is 22.2 Å². The van der Waals surface area contributed by atoms with Crippen molar-refractivity contribution in [2.45, 2.75) is 26.6 Å². The number of ether oxygens (including phenoxy) is 2. The molecule has 2 aromatic heterocycles. The molecule has 0 unspecified atom stereocenters. The van der Waals surface area contributed by atoms with Gasteiger partial charge in [0, 0.05) is 41.9 Å². The third-order valence-corrected chi connectivity index (χ3v) is 6.24. The minimum Gasteiger partial charge on any atom is -0.496 e. The zero-order valence-electron chi connectivity index (χ0n) is 21.0. The van der Waals surface area contributed by atoms with Gasteiger partial charge in [-0.2, -0.15) is 11.1 Å². The molecule has 2 aromatic carbocycles. The molecule has 5 rings (SSSR count). The molecule has 1 fully saturated rings. The van der Waals surface area contributed by atoms with Crippen LogP contribution in [-0.4, -0.2) is 34.8 Å². The van der Waals surface area contributed by atoms with E-state index in [0.717, 1.165) is 11.8 Å². The molecule has 5 N–H and O–H groups in total. The van der Waals surface area contributed by atoms with Crippen LogP contribution < -0.4 is 36.7 Å². The fourth-order valence-corrected chi connectivity index (χ4v) is 4.53. The summed E-state index contributed by atoms with van der Waals surface area (Å²) in [4.78, 5) is 8.54. The molecule has 0 aliphatic carbocycles. The molecule has 4 aromatic rings. The molecule has 3 heterocycles. The number of fused-ring (bicyclic) bond motifs is 1. The molecule has 0 spiro atoms. The van der Waals surface area contributed by atoms with Crippen LogP contribution in [0.1, 0.15) is 24.3 Å². The van der Waals surface area contributed by atoms with Crippen molar-refractivity contribution in [3.63, 3.8) is 0 Å². The van der Waals surface area contributed by atoms with E-state index in [1.807, 2.05) is 13.8 Å². The second-order valence-electron chi connectivity index (χ2n) is 8.56. The number of rotatable bonds is 9. The second kappa shape index (κ2) is 10.8. The Bertz CT molecular complexity index is 1470. The standard InChI is InChI=1S/C25H27F3N8O2/c1-4-38-20-9-14(8-16(26)22(20)25-32-34-35-33-25)18-11-21(31-12-30-18)29-5-6-36-13(2)7-15-19(37-3)10-17(27)23(28)24(15)36/h7-12,25,32-35H,4-6H2,1-3H3,(H,29,30,31). The van der Waals surface area contributed by atoms with Gasteiger partial charge in [-0.25, -0.2) is 34.0 Å². The molecule has 38 heavy (non-hydrogen) atoms. The van der Waals surface area contributed by atoms with E-state index in [1.54, 1.807) is 22.8 Å². The smallest absolute Gasteiger partial charge is 0.183 e. The van der Waals surface area contributed by atoms with Gasteiger partial charge in [-0.1, -0.05) is 0 Å². The number of aryl methyl sites for hydroxylation is 1. The number of anilines is 1. The van der Waals surface area contributed by atoms with Gasteiger partial charge in [0.2, 0.25) is 0 Å². The Morgan fingerprint density at radius 2 is 1.79 bits per heavy atom. The Morgan fingerprint density at radius 3 is 2.53 bits per heavy atom. The van der Waals surface area contributed by atoms with Crippen LogP contribution in [0, 0.1) is 24.4 Å². The minimum atomic E-state index is -0.973. The summed E-state index contributed by atoms with van der Waals surface area (Å²) in [6.45, 7) is 4.68. The van der Waals surface area contributed by atoms with E-state index >= 15 is 4.39 Å². The van der Waals surface area contributed by atoms with Crippen molar-refractivity contribution in [3.05, 3.63) is 65.4 Å². The van der Waals surface area contributed by atoms with Crippen LogP contribution in [0.15, 0.2) is 36.7 Å². The Morgan fingerprint density at radius 1 is 1.00 bits per heavy atom. The second-order valence-corrected chi connectivity index (χ2v) is 8.56. The molecule has 0 amide bonds. The highest BCUT2D eigenvalue weighted by Gasteiger charge is 2.25. The van der Waals surface area contributed by atoms with Gasteiger partial charge in [0.25, 0.3) is 0 Å². The average Bonchev–Trinajstić information content (AvgIpc) is 3.55. The summed E-state index contributed by atoms with van der Waals surface area (Å²) in [7, 11) is 1.42. The molecular formula is C25H27F3N8O2. The van der Waals surface area contributed by atoms with Crippen LogP contribution in [0.2, 0.25) is 0 Å². The lowest BCUT2D eigenvalue weighted by Gasteiger charge is -2.17. The van der Waals surface area contributed by atoms with Crippen molar-refractivity contribution in [2.75, 3.05) is 25.6 Å². The summed E-state index contributed by atoms with van der Waals surface area (Å²) < 4.78 is 56.6. The van der Waals surface area contributed by atoms with Crippen molar-refractivity contribution >= 4 is 16.7 Å². The third-order valence-electron chi connectivity index (χ3n) is 6.24. The van der Waals surface area contributed by atoms with Gasteiger partial charge in [-0.15, -0.1) is 0 Å². The molecule has 1 saturated heterocycles. The van der Waals surface area contributed by atoms with Crippen LogP contribution in [0.5, 0.6) is 11.5 Å². The molecule has 200 valence electrons. The maximum atomic E-state index is 15.2. The van der Waals surface area contributed by atoms with Gasteiger partial charge in [0.1, 0.15) is 35.6 Å². The number of aromatic nitrogens is 3. The summed E-state index contributed by atoms with van der Waals surface area (Å²) in [6, 6.07) is 7.59. The van der Waals surface area contributed by atoms with Crippen molar-refractivity contribution in [1.29, 1.82) is 0 Å². The van der Waals surface area contributed by atoms with E-state index in [4.69, 9.17) is 9.47 Å². The molecule has 0 bridgehead atoms. The molecule has 13 heteroatoms. The minimum absolute atomic E-state index is 0.139. The van der Waals surface area contributed by atoms with Crippen molar-refractivity contribution in [1.82, 2.24) is 36.5 Å². The van der Waals surface area contributed by atoms with Crippen LogP contribution >= 0.6 is 0 Å². The van der Waals surface area contributed by atoms with Crippen molar-refractivity contribution in [2.24, 2.45) is 0 Å². The number of methoxy groups -OCH3 is 1. The number of hydrogen-bond donors (Lipinski definition) is 5. The normalized spacial score (nSPS) is 13.8. The van der Waals surface area contributed by atoms with Gasteiger partial charge < -0.3 is 19.4 Å². The van der Waals surface area contributed by atoms with Crippen molar-refractivity contribution < 1.29 is 22.6 Å². The van der Waals surface area contributed by atoms with E-state index < -0.39 is 23.6 Å². The first-order chi connectivity index (χ1) is 18.4. The third kappa shape index (κ3) is 4.84. The number of hydrazine groups is 3. The Hall–Kier alpha value is -3.91. The zero-order valence-corrected chi connectivity index (χ0v) is 21.0. The maximum Gasteiger partial charge on any atom is 0.183 e. The van der Waals surface area contributed by atoms with E-state index in [2.05, 4.69) is 37.2 Å². The first-order valence-electron chi connectivity index (χ1n) is 12.0. The highest BCUT2D eigenvalue weighted by molar-refractivity contribution is 5.88. The Labute approximate surface area is 216 Å². The summed E-state index contributed by atoms with van der Waals surface area (Å²) in [6.07, 6.45) is 0.827. The lowest BCUT2D eigenvalue weighted by atomic mass is 10.0. The number of benzene rings is 2. The predicted octanol–water partition coefficient (Wildman–Crippen LogP) is 3.46. The molecule has 1 aliphatic rings. The number of hydrogen-bond acceptors (Lipinski definition) is 9. The summed E-state index contributed by atoms with van der Waals surface area (Å²) in [5.41, 5.74) is 13.3. The summed E-state index contributed by atoms with van der Waals surface area (Å²) in [5.74, 6) is -1.25. The van der Waals surface area contributed by atoms with Crippen LogP contribution in [0.3, 0.4) is 0 Å². The molecule has 1 aliphatic heterocycles. The quantitative estimate of drug-likeness (QED) is 0.223. The number of halogens is 3. The highest BCUT2D eigenvalue weighted by Crippen LogP contribution is 2.34. The zero-order chi connectivity index (χ0) is 26.8. The maximum absolute atomic E-state index is 15.2.